The van der Waals surface area contributed by atoms with Gasteiger partial charge < -0.3 is 5.32 Å². The van der Waals surface area contributed by atoms with Gasteiger partial charge in [0, 0.05) is 11.6 Å². The van der Waals surface area contributed by atoms with Gasteiger partial charge in [-0.05, 0) is 42.8 Å². The van der Waals surface area contributed by atoms with Crippen LogP contribution in [-0.2, 0) is 6.42 Å². The molecule has 4 heteroatoms. The number of rotatable bonds is 7. The van der Waals surface area contributed by atoms with Crippen molar-refractivity contribution in [3.05, 3.63) is 93.7 Å². The molecule has 1 aromatic heterocycles. The second-order valence-electron chi connectivity index (χ2n) is 6.25. The predicted molar refractivity (Wildman–Crippen MR) is 106 cm³/mol. The van der Waals surface area contributed by atoms with Gasteiger partial charge in [-0.3, -0.25) is 9.59 Å². The maximum Gasteiger partial charge on any atom is 0.252 e. The van der Waals surface area contributed by atoms with Gasteiger partial charge in [-0.2, -0.15) is 0 Å². The van der Waals surface area contributed by atoms with Crippen molar-refractivity contribution in [2.75, 3.05) is 0 Å². The maximum absolute atomic E-state index is 12.7. The monoisotopic (exact) mass is 363 g/mol. The quantitative estimate of drug-likeness (QED) is 0.617. The van der Waals surface area contributed by atoms with E-state index in [0.717, 1.165) is 12.8 Å². The summed E-state index contributed by atoms with van der Waals surface area (Å²) in [5, 5.41) is 4.88. The van der Waals surface area contributed by atoms with E-state index >= 15 is 0 Å². The van der Waals surface area contributed by atoms with Crippen LogP contribution in [0, 0.1) is 0 Å². The minimum atomic E-state index is -0.203. The van der Waals surface area contributed by atoms with Gasteiger partial charge in [0.05, 0.1) is 10.4 Å². The second kappa shape index (κ2) is 8.59. The molecule has 0 saturated carbocycles. The molecule has 3 aromatic rings. The highest BCUT2D eigenvalue weighted by Crippen LogP contribution is 2.18. The lowest BCUT2D eigenvalue weighted by Gasteiger charge is -2.15. The third-order valence-corrected chi connectivity index (χ3v) is 5.12. The van der Waals surface area contributed by atoms with Crippen LogP contribution in [0.4, 0.5) is 0 Å². The molecule has 1 heterocycles. The van der Waals surface area contributed by atoms with Crippen LogP contribution in [0.5, 0.6) is 0 Å². The first-order chi connectivity index (χ1) is 12.6. The van der Waals surface area contributed by atoms with E-state index < -0.39 is 0 Å². The summed E-state index contributed by atoms with van der Waals surface area (Å²) >= 11 is 1.38. The van der Waals surface area contributed by atoms with Crippen molar-refractivity contribution in [3.63, 3.8) is 0 Å². The number of nitrogens with one attached hydrogen (secondary N) is 1. The van der Waals surface area contributed by atoms with Crippen LogP contribution in [0.1, 0.15) is 44.5 Å². The van der Waals surface area contributed by atoms with Crippen LogP contribution in [-0.4, -0.2) is 17.7 Å². The number of carbonyl (C=O) groups is 2. The lowest BCUT2D eigenvalue weighted by molar-refractivity contribution is 0.0928. The molecule has 0 fully saturated rings. The van der Waals surface area contributed by atoms with Gasteiger partial charge in [-0.15, -0.1) is 11.3 Å². The molecule has 3 rings (SSSR count). The summed E-state index contributed by atoms with van der Waals surface area (Å²) in [5.74, 6) is -0.311. The summed E-state index contributed by atoms with van der Waals surface area (Å²) in [6.07, 6.45) is 1.74. The molecule has 0 bridgehead atoms. The lowest BCUT2D eigenvalue weighted by Crippen LogP contribution is -2.33. The molecule has 0 radical (unpaired) electrons. The normalized spacial score (nSPS) is 11.7. The van der Waals surface area contributed by atoms with E-state index in [1.165, 1.54) is 16.9 Å². The topological polar surface area (TPSA) is 46.2 Å². The Labute approximate surface area is 157 Å². The Morgan fingerprint density at radius 1 is 0.923 bits per heavy atom. The number of hydrogen-bond donors (Lipinski definition) is 1. The van der Waals surface area contributed by atoms with Crippen molar-refractivity contribution >= 4 is 23.0 Å². The van der Waals surface area contributed by atoms with Crippen molar-refractivity contribution in [2.45, 2.75) is 25.8 Å². The molecule has 0 spiro atoms. The van der Waals surface area contributed by atoms with E-state index in [4.69, 9.17) is 0 Å². The van der Waals surface area contributed by atoms with E-state index in [0.29, 0.717) is 16.0 Å². The van der Waals surface area contributed by atoms with Crippen molar-refractivity contribution in [3.8, 4) is 0 Å². The molecule has 1 atom stereocenters. The largest absolute Gasteiger partial charge is 0.350 e. The van der Waals surface area contributed by atoms with Crippen molar-refractivity contribution < 1.29 is 9.59 Å². The molecule has 1 N–H and O–H groups in total. The average Bonchev–Trinajstić information content (AvgIpc) is 3.21. The highest BCUT2D eigenvalue weighted by atomic mass is 32.1. The number of benzene rings is 2. The molecule has 2 aromatic carbocycles. The zero-order valence-corrected chi connectivity index (χ0v) is 15.5. The Morgan fingerprint density at radius 2 is 1.62 bits per heavy atom. The lowest BCUT2D eigenvalue weighted by atomic mass is 10.0. The number of aryl methyl sites for hydroxylation is 1. The number of hydrogen-bond acceptors (Lipinski definition) is 3. The van der Waals surface area contributed by atoms with Crippen LogP contribution in [0.3, 0.4) is 0 Å². The number of amides is 1. The fourth-order valence-electron chi connectivity index (χ4n) is 2.82. The fourth-order valence-corrected chi connectivity index (χ4v) is 3.50. The first kappa shape index (κ1) is 18.1. The third kappa shape index (κ3) is 4.46. The number of ketones is 1. The SMILES string of the molecule is CC(CCc1ccccc1)NC(=O)c1ccccc1C(=O)c1cccs1. The molecular formula is C22H21NO2S. The van der Waals surface area contributed by atoms with Gasteiger partial charge >= 0.3 is 0 Å². The van der Waals surface area contributed by atoms with Crippen molar-refractivity contribution in [2.24, 2.45) is 0 Å². The number of carbonyl (C=O) groups excluding carboxylic acids is 2. The van der Waals surface area contributed by atoms with E-state index in [1.807, 2.05) is 36.6 Å². The van der Waals surface area contributed by atoms with Gasteiger partial charge in [0.25, 0.3) is 5.91 Å². The molecule has 3 nitrogen and oxygen atoms in total. The predicted octanol–water partition coefficient (Wildman–Crippen LogP) is 4.73. The Morgan fingerprint density at radius 3 is 2.31 bits per heavy atom. The standard InChI is InChI=1S/C22H21NO2S/c1-16(13-14-17-8-3-2-4-9-17)23-22(25)19-11-6-5-10-18(19)21(24)20-12-7-15-26-20/h2-12,15-16H,13-14H2,1H3,(H,23,25). The zero-order chi connectivity index (χ0) is 18.4. The van der Waals surface area contributed by atoms with E-state index in [2.05, 4.69) is 17.4 Å². The highest BCUT2D eigenvalue weighted by Gasteiger charge is 2.19. The summed E-state index contributed by atoms with van der Waals surface area (Å²) in [7, 11) is 0. The molecule has 0 aliphatic rings. The van der Waals surface area contributed by atoms with Crippen molar-refractivity contribution in [1.82, 2.24) is 5.32 Å². The molecule has 0 aliphatic heterocycles. The molecular weight excluding hydrogens is 342 g/mol. The summed E-state index contributed by atoms with van der Waals surface area (Å²) < 4.78 is 0. The van der Waals surface area contributed by atoms with E-state index in [-0.39, 0.29) is 17.7 Å². The van der Waals surface area contributed by atoms with Crippen LogP contribution < -0.4 is 5.32 Å². The average molecular weight is 363 g/mol. The summed E-state index contributed by atoms with van der Waals surface area (Å²) in [5.41, 5.74) is 2.13. The van der Waals surface area contributed by atoms with Crippen LogP contribution >= 0.6 is 11.3 Å². The minimum Gasteiger partial charge on any atom is -0.350 e. The number of thiophene rings is 1. The van der Waals surface area contributed by atoms with Gasteiger partial charge in [0.2, 0.25) is 5.78 Å². The smallest absolute Gasteiger partial charge is 0.252 e. The summed E-state index contributed by atoms with van der Waals surface area (Å²) in [4.78, 5) is 26.0. The van der Waals surface area contributed by atoms with Crippen LogP contribution in [0.2, 0.25) is 0 Å². The van der Waals surface area contributed by atoms with Gasteiger partial charge in [0.1, 0.15) is 0 Å². The minimum absolute atomic E-state index is 0.0209. The van der Waals surface area contributed by atoms with Gasteiger partial charge in [0.15, 0.2) is 0 Å². The van der Waals surface area contributed by atoms with Crippen LogP contribution in [0.15, 0.2) is 72.1 Å². The Hall–Kier alpha value is -2.72. The van der Waals surface area contributed by atoms with E-state index in [9.17, 15) is 9.59 Å². The third-order valence-electron chi connectivity index (χ3n) is 4.25. The molecule has 1 unspecified atom stereocenters. The Kier molecular flexibility index (Phi) is 5.97. The summed E-state index contributed by atoms with van der Waals surface area (Å²) in [6, 6.07) is 20.8. The Bertz CT molecular complexity index is 872. The maximum atomic E-state index is 12.7. The van der Waals surface area contributed by atoms with Gasteiger partial charge in [-0.1, -0.05) is 54.6 Å². The first-order valence-electron chi connectivity index (χ1n) is 8.67. The van der Waals surface area contributed by atoms with Crippen LogP contribution in [0.25, 0.3) is 0 Å². The molecule has 132 valence electrons. The highest BCUT2D eigenvalue weighted by molar-refractivity contribution is 7.12. The molecule has 26 heavy (non-hydrogen) atoms. The van der Waals surface area contributed by atoms with Gasteiger partial charge in [-0.25, -0.2) is 0 Å². The molecule has 0 aliphatic carbocycles. The fraction of sp³-hybridized carbons (Fsp3) is 0.182. The summed E-state index contributed by atoms with van der Waals surface area (Å²) in [6.45, 7) is 1.99. The van der Waals surface area contributed by atoms with Crippen molar-refractivity contribution in [1.29, 1.82) is 0 Å². The first-order valence-corrected chi connectivity index (χ1v) is 9.55. The zero-order valence-electron chi connectivity index (χ0n) is 14.6. The molecule has 0 saturated heterocycles. The molecule has 1 amide bonds. The second-order valence-corrected chi connectivity index (χ2v) is 7.20. The van der Waals surface area contributed by atoms with E-state index in [1.54, 1.807) is 30.3 Å². The Balaban J connectivity index is 1.67.